The Hall–Kier alpha value is -1.52. The second-order valence-corrected chi connectivity index (χ2v) is 6.41. The number of rotatable bonds is 2. The number of aromatic nitrogens is 2. The second kappa shape index (κ2) is 5.94. The molecule has 0 radical (unpaired) electrons. The molecule has 0 fully saturated rings. The van der Waals surface area contributed by atoms with Gasteiger partial charge in [-0.1, -0.05) is 23.2 Å². The molecule has 116 valence electrons. The third-order valence-electron chi connectivity index (χ3n) is 4.09. The standard InChI is InChI=1S/C16H17Cl2N3O/c1-10-19-15-5-6-20(11(2)22)9-16(15)21(10)8-12-7-13(17)3-4-14(12)18/h3-4,7H,5-6,8-9H2,1-2H3. The Labute approximate surface area is 139 Å². The number of carbonyl (C=O) groups excluding carboxylic acids is 1. The lowest BCUT2D eigenvalue weighted by molar-refractivity contribution is -0.129. The SMILES string of the molecule is CC(=O)N1CCc2nc(C)n(Cc3cc(Cl)ccc3Cl)c2C1. The van der Waals surface area contributed by atoms with Crippen LogP contribution in [0.3, 0.4) is 0 Å². The maximum atomic E-state index is 11.6. The average molecular weight is 338 g/mol. The summed E-state index contributed by atoms with van der Waals surface area (Å²) in [5, 5.41) is 1.35. The Morgan fingerprint density at radius 3 is 2.86 bits per heavy atom. The fourth-order valence-electron chi connectivity index (χ4n) is 2.86. The summed E-state index contributed by atoms with van der Waals surface area (Å²) in [7, 11) is 0. The molecule has 0 bridgehead atoms. The lowest BCUT2D eigenvalue weighted by atomic mass is 10.1. The fraction of sp³-hybridized carbons (Fsp3) is 0.375. The van der Waals surface area contributed by atoms with Crippen molar-refractivity contribution in [2.75, 3.05) is 6.54 Å². The van der Waals surface area contributed by atoms with Gasteiger partial charge in [0.15, 0.2) is 0 Å². The van der Waals surface area contributed by atoms with Crippen molar-refractivity contribution in [1.29, 1.82) is 0 Å². The van der Waals surface area contributed by atoms with Crippen LogP contribution in [0.1, 0.15) is 29.7 Å². The molecule has 1 aliphatic rings. The van der Waals surface area contributed by atoms with Crippen LogP contribution in [0.25, 0.3) is 0 Å². The molecule has 0 atom stereocenters. The van der Waals surface area contributed by atoms with Crippen molar-refractivity contribution in [3.63, 3.8) is 0 Å². The van der Waals surface area contributed by atoms with Crippen LogP contribution in [-0.4, -0.2) is 26.9 Å². The van der Waals surface area contributed by atoms with Crippen molar-refractivity contribution in [3.05, 3.63) is 51.0 Å². The van der Waals surface area contributed by atoms with Crippen molar-refractivity contribution in [1.82, 2.24) is 14.5 Å². The number of fused-ring (bicyclic) bond motifs is 1. The van der Waals surface area contributed by atoms with E-state index in [0.717, 1.165) is 35.7 Å². The van der Waals surface area contributed by atoms with Crippen molar-refractivity contribution in [2.45, 2.75) is 33.4 Å². The summed E-state index contributed by atoms with van der Waals surface area (Å²) in [5.41, 5.74) is 3.13. The quantitative estimate of drug-likeness (QED) is 0.841. The number of amides is 1. The third kappa shape index (κ3) is 2.85. The van der Waals surface area contributed by atoms with Crippen molar-refractivity contribution in [2.24, 2.45) is 0 Å². The first-order valence-electron chi connectivity index (χ1n) is 7.20. The van der Waals surface area contributed by atoms with Crippen molar-refractivity contribution < 1.29 is 4.79 Å². The van der Waals surface area contributed by atoms with Gasteiger partial charge in [0.2, 0.25) is 5.91 Å². The van der Waals surface area contributed by atoms with Crippen LogP contribution in [0, 0.1) is 6.92 Å². The van der Waals surface area contributed by atoms with E-state index in [-0.39, 0.29) is 5.91 Å². The molecule has 6 heteroatoms. The van der Waals surface area contributed by atoms with Crippen molar-refractivity contribution in [3.8, 4) is 0 Å². The highest BCUT2D eigenvalue weighted by Crippen LogP contribution is 2.25. The smallest absolute Gasteiger partial charge is 0.219 e. The van der Waals surface area contributed by atoms with Crippen LogP contribution in [0.4, 0.5) is 0 Å². The minimum Gasteiger partial charge on any atom is -0.337 e. The van der Waals surface area contributed by atoms with Gasteiger partial charge in [-0.3, -0.25) is 4.79 Å². The molecule has 4 nitrogen and oxygen atoms in total. The first-order chi connectivity index (χ1) is 10.5. The molecule has 0 saturated heterocycles. The maximum absolute atomic E-state index is 11.6. The van der Waals surface area contributed by atoms with Gasteiger partial charge in [-0.2, -0.15) is 0 Å². The van der Waals surface area contributed by atoms with Gasteiger partial charge in [0, 0.05) is 29.9 Å². The first kappa shape index (κ1) is 15.4. The Morgan fingerprint density at radius 1 is 1.36 bits per heavy atom. The molecule has 1 amide bonds. The molecule has 0 aliphatic carbocycles. The number of hydrogen-bond donors (Lipinski definition) is 0. The van der Waals surface area contributed by atoms with E-state index in [4.69, 9.17) is 23.2 Å². The van der Waals surface area contributed by atoms with Gasteiger partial charge in [0.05, 0.1) is 24.5 Å². The van der Waals surface area contributed by atoms with E-state index < -0.39 is 0 Å². The van der Waals surface area contributed by atoms with E-state index >= 15 is 0 Å². The minimum absolute atomic E-state index is 0.0943. The summed E-state index contributed by atoms with van der Waals surface area (Å²) in [6, 6.07) is 5.46. The summed E-state index contributed by atoms with van der Waals surface area (Å²) in [5.74, 6) is 1.03. The van der Waals surface area contributed by atoms with Gasteiger partial charge in [-0.25, -0.2) is 4.98 Å². The predicted molar refractivity (Wildman–Crippen MR) is 87.3 cm³/mol. The highest BCUT2D eigenvalue weighted by atomic mass is 35.5. The zero-order valence-corrected chi connectivity index (χ0v) is 14.1. The Balaban J connectivity index is 1.97. The first-order valence-corrected chi connectivity index (χ1v) is 7.95. The summed E-state index contributed by atoms with van der Waals surface area (Å²) in [6.07, 6.45) is 0.798. The summed E-state index contributed by atoms with van der Waals surface area (Å²) < 4.78 is 2.13. The normalized spacial score (nSPS) is 14.1. The van der Waals surface area contributed by atoms with Gasteiger partial charge in [0.1, 0.15) is 5.82 Å². The third-order valence-corrected chi connectivity index (χ3v) is 4.69. The molecule has 1 aliphatic heterocycles. The molecule has 22 heavy (non-hydrogen) atoms. The summed E-state index contributed by atoms with van der Waals surface area (Å²) in [6.45, 7) is 5.53. The summed E-state index contributed by atoms with van der Waals surface area (Å²) in [4.78, 5) is 18.1. The zero-order valence-electron chi connectivity index (χ0n) is 12.6. The minimum atomic E-state index is 0.0943. The van der Waals surface area contributed by atoms with Crippen molar-refractivity contribution >= 4 is 29.1 Å². The van der Waals surface area contributed by atoms with E-state index in [0.29, 0.717) is 23.1 Å². The van der Waals surface area contributed by atoms with Gasteiger partial charge in [-0.15, -0.1) is 0 Å². The zero-order chi connectivity index (χ0) is 15.9. The van der Waals surface area contributed by atoms with E-state index in [2.05, 4.69) is 9.55 Å². The molecule has 0 spiro atoms. The van der Waals surface area contributed by atoms with Crippen LogP contribution in [0.5, 0.6) is 0 Å². The lowest BCUT2D eigenvalue weighted by Gasteiger charge is -2.26. The van der Waals surface area contributed by atoms with Gasteiger partial charge >= 0.3 is 0 Å². The number of halogens is 2. The number of imidazole rings is 1. The largest absolute Gasteiger partial charge is 0.337 e. The van der Waals surface area contributed by atoms with Crippen LogP contribution in [0.15, 0.2) is 18.2 Å². The Morgan fingerprint density at radius 2 is 2.14 bits per heavy atom. The Kier molecular flexibility index (Phi) is 4.15. The van der Waals surface area contributed by atoms with Crippen LogP contribution < -0.4 is 0 Å². The molecular formula is C16H17Cl2N3O. The molecule has 0 saturated carbocycles. The lowest BCUT2D eigenvalue weighted by Crippen LogP contribution is -2.35. The highest BCUT2D eigenvalue weighted by molar-refractivity contribution is 6.33. The monoisotopic (exact) mass is 337 g/mol. The highest BCUT2D eigenvalue weighted by Gasteiger charge is 2.24. The van der Waals surface area contributed by atoms with Gasteiger partial charge in [-0.05, 0) is 30.7 Å². The fourth-order valence-corrected chi connectivity index (χ4v) is 3.23. The number of hydrogen-bond acceptors (Lipinski definition) is 2. The van der Waals surface area contributed by atoms with E-state index in [1.165, 1.54) is 0 Å². The number of carbonyl (C=O) groups is 1. The number of nitrogens with zero attached hydrogens (tertiary/aromatic N) is 3. The molecule has 1 aromatic heterocycles. The molecule has 1 aromatic carbocycles. The maximum Gasteiger partial charge on any atom is 0.219 e. The predicted octanol–water partition coefficient (Wildman–Crippen LogP) is 3.45. The molecule has 3 rings (SSSR count). The van der Waals surface area contributed by atoms with Gasteiger partial charge < -0.3 is 9.47 Å². The van der Waals surface area contributed by atoms with Crippen LogP contribution in [0.2, 0.25) is 10.0 Å². The summed E-state index contributed by atoms with van der Waals surface area (Å²) >= 11 is 12.3. The molecule has 2 aromatic rings. The topological polar surface area (TPSA) is 38.1 Å². The number of aryl methyl sites for hydroxylation is 1. The average Bonchev–Trinajstić information content (AvgIpc) is 2.78. The molecular weight excluding hydrogens is 321 g/mol. The molecule has 0 N–H and O–H groups in total. The van der Waals surface area contributed by atoms with E-state index in [1.807, 2.05) is 17.9 Å². The van der Waals surface area contributed by atoms with Crippen LogP contribution in [-0.2, 0) is 24.3 Å². The second-order valence-electron chi connectivity index (χ2n) is 5.56. The van der Waals surface area contributed by atoms with E-state index in [1.54, 1.807) is 19.1 Å². The molecule has 2 heterocycles. The van der Waals surface area contributed by atoms with Gasteiger partial charge in [0.25, 0.3) is 0 Å². The molecule has 0 unspecified atom stereocenters. The van der Waals surface area contributed by atoms with Crippen LogP contribution >= 0.6 is 23.2 Å². The Bertz CT molecular complexity index is 739. The number of benzene rings is 1. The van der Waals surface area contributed by atoms with E-state index in [9.17, 15) is 4.79 Å².